The zero-order valence-corrected chi connectivity index (χ0v) is 13.6. The zero-order chi connectivity index (χ0) is 17.5. The molecule has 1 rings (SSSR count). The second-order valence-corrected chi connectivity index (χ2v) is 6.92. The van der Waals surface area contributed by atoms with Crippen LogP contribution in [0.15, 0.2) is 47.9 Å². The van der Waals surface area contributed by atoms with Gasteiger partial charge in [0.2, 0.25) is 0 Å². The molecule has 0 atom stereocenters. The Hall–Kier alpha value is -1.77. The van der Waals surface area contributed by atoms with Gasteiger partial charge in [-0.2, -0.15) is 8.42 Å². The summed E-state index contributed by atoms with van der Waals surface area (Å²) in [5.41, 5.74) is 0.302. The van der Waals surface area contributed by atoms with E-state index >= 15 is 0 Å². The molecule has 0 radical (unpaired) electrons. The van der Waals surface area contributed by atoms with Gasteiger partial charge in [0.25, 0.3) is 0 Å². The summed E-state index contributed by atoms with van der Waals surface area (Å²) in [7, 11) is -8.92. The Morgan fingerprint density at radius 2 is 1.87 bits per heavy atom. The minimum atomic E-state index is -4.66. The highest BCUT2D eigenvalue weighted by Gasteiger charge is 2.19. The van der Waals surface area contributed by atoms with Gasteiger partial charge < -0.3 is 14.0 Å². The first-order chi connectivity index (χ1) is 10.6. The van der Waals surface area contributed by atoms with Crippen molar-refractivity contribution >= 4 is 30.0 Å². The average Bonchev–Trinajstić information content (AvgIpc) is 2.44. The third-order valence-electron chi connectivity index (χ3n) is 2.37. The summed E-state index contributed by atoms with van der Waals surface area (Å²) in [4.78, 5) is 28.5. The molecule has 126 valence electrons. The third kappa shape index (κ3) is 8.44. The molecule has 0 unspecified atom stereocenters. The van der Waals surface area contributed by atoms with Crippen LogP contribution in [0.2, 0.25) is 0 Å². The Labute approximate surface area is 133 Å². The molecule has 10 heteroatoms. The molecule has 23 heavy (non-hydrogen) atoms. The maximum Gasteiger partial charge on any atom is 0.469 e. The summed E-state index contributed by atoms with van der Waals surface area (Å²) in [6.45, 7) is 2.78. The zero-order valence-electron chi connectivity index (χ0n) is 11.9. The van der Waals surface area contributed by atoms with Gasteiger partial charge in [0.05, 0.1) is 12.0 Å². The largest absolute Gasteiger partial charge is 0.469 e. The number of phosphoric acid groups is 1. The van der Waals surface area contributed by atoms with Crippen LogP contribution in [-0.2, 0) is 28.2 Å². The monoisotopic (exact) mass is 362 g/mol. The van der Waals surface area contributed by atoms with E-state index in [0.29, 0.717) is 5.56 Å². The van der Waals surface area contributed by atoms with Crippen LogP contribution in [-0.4, -0.2) is 30.8 Å². The predicted octanol–water partition coefficient (Wildman–Crippen LogP) is 1.59. The van der Waals surface area contributed by atoms with E-state index in [0.717, 1.165) is 5.41 Å². The van der Waals surface area contributed by atoms with Crippen molar-refractivity contribution in [2.45, 2.75) is 6.42 Å². The fraction of sp³-hybridized carbons (Fsp3) is 0.154. The lowest BCUT2D eigenvalue weighted by atomic mass is 10.2. The number of phosphoric ester groups is 1. The topological polar surface area (TPSA) is 127 Å². The number of hydrogen-bond donors (Lipinski definition) is 2. The lowest BCUT2D eigenvalue weighted by Crippen LogP contribution is -2.13. The van der Waals surface area contributed by atoms with Crippen molar-refractivity contribution in [2.75, 3.05) is 6.61 Å². The highest BCUT2D eigenvalue weighted by atomic mass is 32.2. The highest BCUT2D eigenvalue weighted by Crippen LogP contribution is 2.35. The van der Waals surface area contributed by atoms with E-state index in [-0.39, 0.29) is 12.0 Å². The van der Waals surface area contributed by atoms with Gasteiger partial charge in [-0.25, -0.2) is 9.36 Å². The molecule has 0 aliphatic rings. The van der Waals surface area contributed by atoms with Crippen LogP contribution in [0.25, 0.3) is 6.08 Å². The van der Waals surface area contributed by atoms with Gasteiger partial charge in [-0.1, -0.05) is 36.9 Å². The second kappa shape index (κ2) is 8.19. The van der Waals surface area contributed by atoms with E-state index in [1.165, 1.54) is 6.08 Å². The van der Waals surface area contributed by atoms with Crippen LogP contribution in [0.4, 0.5) is 0 Å². The SMILES string of the molecule is C=C(CCOP(=O)(O)O)C(=O)OS(=O)(=O)C=Cc1ccccc1. The minimum Gasteiger partial charge on any atom is -0.338 e. The Morgan fingerprint density at radius 1 is 1.26 bits per heavy atom. The summed E-state index contributed by atoms with van der Waals surface area (Å²) in [5, 5.41) is 0.722. The number of carbonyl (C=O) groups is 1. The summed E-state index contributed by atoms with van der Waals surface area (Å²) >= 11 is 0. The van der Waals surface area contributed by atoms with Crippen LogP contribution >= 0.6 is 7.82 Å². The molecule has 0 spiro atoms. The molecule has 0 bridgehead atoms. The van der Waals surface area contributed by atoms with Gasteiger partial charge in [-0.15, -0.1) is 0 Å². The maximum absolute atomic E-state index is 11.6. The Kier molecular flexibility index (Phi) is 6.86. The predicted molar refractivity (Wildman–Crippen MR) is 82.2 cm³/mol. The first-order valence-electron chi connectivity index (χ1n) is 6.19. The van der Waals surface area contributed by atoms with Crippen molar-refractivity contribution in [1.29, 1.82) is 0 Å². The van der Waals surface area contributed by atoms with Crippen LogP contribution in [0, 0.1) is 0 Å². The fourth-order valence-electron chi connectivity index (χ4n) is 1.31. The average molecular weight is 362 g/mol. The molecule has 2 N–H and O–H groups in total. The molecule has 0 aliphatic carbocycles. The van der Waals surface area contributed by atoms with Crippen LogP contribution in [0.1, 0.15) is 12.0 Å². The van der Waals surface area contributed by atoms with Gasteiger partial charge in [0.1, 0.15) is 0 Å². The van der Waals surface area contributed by atoms with E-state index in [9.17, 15) is 17.8 Å². The van der Waals surface area contributed by atoms with E-state index in [1.807, 2.05) is 0 Å². The first kappa shape index (κ1) is 19.3. The van der Waals surface area contributed by atoms with Gasteiger partial charge in [0, 0.05) is 12.0 Å². The second-order valence-electron chi connectivity index (χ2n) is 4.25. The summed E-state index contributed by atoms with van der Waals surface area (Å²) in [6, 6.07) is 8.50. The van der Waals surface area contributed by atoms with Crippen molar-refractivity contribution in [3.63, 3.8) is 0 Å². The molecule has 1 aromatic rings. The van der Waals surface area contributed by atoms with E-state index in [4.69, 9.17) is 9.79 Å². The molecule has 0 aliphatic heterocycles. The molecule has 0 fully saturated rings. The summed E-state index contributed by atoms with van der Waals surface area (Å²) < 4.78 is 42.1. The Bertz CT molecular complexity index is 732. The van der Waals surface area contributed by atoms with Crippen LogP contribution in [0.5, 0.6) is 0 Å². The normalized spacial score (nSPS) is 12.3. The van der Waals surface area contributed by atoms with E-state index in [1.54, 1.807) is 30.3 Å². The number of benzene rings is 1. The molecule has 0 heterocycles. The van der Waals surface area contributed by atoms with Crippen LogP contribution < -0.4 is 0 Å². The van der Waals surface area contributed by atoms with E-state index in [2.05, 4.69) is 15.3 Å². The quantitative estimate of drug-likeness (QED) is 0.405. The van der Waals surface area contributed by atoms with Crippen molar-refractivity contribution in [2.24, 2.45) is 0 Å². The number of rotatable bonds is 8. The Morgan fingerprint density at radius 3 is 2.43 bits per heavy atom. The van der Waals surface area contributed by atoms with Crippen molar-refractivity contribution in [3.8, 4) is 0 Å². The van der Waals surface area contributed by atoms with Gasteiger partial charge >= 0.3 is 23.9 Å². The highest BCUT2D eigenvalue weighted by molar-refractivity contribution is 7.90. The van der Waals surface area contributed by atoms with E-state index < -0.39 is 30.5 Å². The summed E-state index contributed by atoms with van der Waals surface area (Å²) in [6.07, 6.45) is 0.962. The molecule has 8 nitrogen and oxygen atoms in total. The number of carbonyl (C=O) groups excluding carboxylic acids is 1. The van der Waals surface area contributed by atoms with Crippen LogP contribution in [0.3, 0.4) is 0 Å². The van der Waals surface area contributed by atoms with Crippen molar-refractivity contribution in [3.05, 3.63) is 53.5 Å². The van der Waals surface area contributed by atoms with Gasteiger partial charge in [0.15, 0.2) is 0 Å². The van der Waals surface area contributed by atoms with Crippen molar-refractivity contribution < 1.29 is 36.3 Å². The smallest absolute Gasteiger partial charge is 0.338 e. The first-order valence-corrected chi connectivity index (χ1v) is 9.19. The standard InChI is InChI=1S/C13H15O8PS/c1-11(7-9-20-22(15,16)17)13(14)21-23(18,19)10-8-12-5-3-2-4-6-12/h2-6,8,10H,1,7,9H2,(H2,15,16,17). The lowest BCUT2D eigenvalue weighted by molar-refractivity contribution is -0.129. The minimum absolute atomic E-state index is 0.290. The fourth-order valence-corrected chi connectivity index (χ4v) is 2.35. The molecular formula is C13H15O8PS. The third-order valence-corrected chi connectivity index (χ3v) is 3.74. The molecule has 0 aromatic heterocycles. The lowest BCUT2D eigenvalue weighted by Gasteiger charge is -2.06. The molecule has 0 saturated heterocycles. The molecular weight excluding hydrogens is 347 g/mol. The summed E-state index contributed by atoms with van der Waals surface area (Å²) in [5.74, 6) is -1.22. The molecule has 0 amide bonds. The van der Waals surface area contributed by atoms with Gasteiger partial charge in [-0.05, 0) is 11.6 Å². The van der Waals surface area contributed by atoms with Crippen molar-refractivity contribution in [1.82, 2.24) is 0 Å². The number of hydrogen-bond acceptors (Lipinski definition) is 6. The maximum atomic E-state index is 11.6. The molecule has 0 saturated carbocycles. The van der Waals surface area contributed by atoms with Gasteiger partial charge in [-0.3, -0.25) is 4.52 Å². The molecule has 1 aromatic carbocycles. The Balaban J connectivity index is 2.56.